The molecule has 3 heteroatoms. The first-order chi connectivity index (χ1) is 6.24. The number of hydrogen-bond donors (Lipinski definition) is 2. The number of rotatable bonds is 4. The zero-order chi connectivity index (χ0) is 9.68. The zero-order valence-corrected chi connectivity index (χ0v) is 9.44. The molecule has 1 fully saturated rings. The summed E-state index contributed by atoms with van der Waals surface area (Å²) in [6, 6.07) is 1.11. The average Bonchev–Trinajstić information content (AvgIpc) is 2.18. The van der Waals surface area contributed by atoms with Gasteiger partial charge < -0.3 is 10.4 Å². The van der Waals surface area contributed by atoms with Crippen LogP contribution in [0.1, 0.15) is 26.7 Å². The van der Waals surface area contributed by atoms with Gasteiger partial charge in [0.15, 0.2) is 0 Å². The van der Waals surface area contributed by atoms with Crippen LogP contribution < -0.4 is 5.32 Å². The first-order valence-corrected chi connectivity index (χ1v) is 6.34. The molecule has 0 aliphatic carbocycles. The van der Waals surface area contributed by atoms with Crippen molar-refractivity contribution in [2.75, 3.05) is 18.1 Å². The first kappa shape index (κ1) is 11.3. The predicted octanol–water partition coefficient (Wildman–Crippen LogP) is 1.49. The maximum atomic E-state index is 8.99. The van der Waals surface area contributed by atoms with E-state index < -0.39 is 0 Å². The Bertz CT molecular complexity index is 137. The van der Waals surface area contributed by atoms with E-state index in [0.29, 0.717) is 18.0 Å². The molecule has 3 unspecified atom stereocenters. The molecule has 0 aromatic carbocycles. The molecular formula is C10H21NOS. The van der Waals surface area contributed by atoms with E-state index >= 15 is 0 Å². The molecule has 2 N–H and O–H groups in total. The van der Waals surface area contributed by atoms with E-state index in [-0.39, 0.29) is 6.61 Å². The number of thioether (sulfide) groups is 1. The third-order valence-electron chi connectivity index (χ3n) is 2.80. The van der Waals surface area contributed by atoms with Gasteiger partial charge in [-0.05, 0) is 31.4 Å². The summed E-state index contributed by atoms with van der Waals surface area (Å²) < 4.78 is 0. The average molecular weight is 203 g/mol. The summed E-state index contributed by atoms with van der Waals surface area (Å²) >= 11 is 2.04. The van der Waals surface area contributed by atoms with Crippen molar-refractivity contribution in [1.29, 1.82) is 0 Å². The van der Waals surface area contributed by atoms with Crippen LogP contribution in [0.4, 0.5) is 0 Å². The molecule has 0 spiro atoms. The van der Waals surface area contributed by atoms with Crippen LogP contribution in [-0.2, 0) is 0 Å². The second-order valence-electron chi connectivity index (χ2n) is 4.03. The molecule has 1 rings (SSSR count). The largest absolute Gasteiger partial charge is 0.396 e. The minimum absolute atomic E-state index is 0.286. The lowest BCUT2D eigenvalue weighted by Crippen LogP contribution is -2.43. The van der Waals surface area contributed by atoms with Gasteiger partial charge in [0.25, 0.3) is 0 Å². The topological polar surface area (TPSA) is 32.3 Å². The molecule has 0 saturated carbocycles. The number of hydrogen-bond acceptors (Lipinski definition) is 3. The normalized spacial score (nSPS) is 28.4. The maximum Gasteiger partial charge on any atom is 0.0471 e. The second kappa shape index (κ2) is 5.89. The quantitative estimate of drug-likeness (QED) is 0.726. The fraction of sp³-hybridized carbons (Fsp3) is 1.00. The third-order valence-corrected chi connectivity index (χ3v) is 4.02. The van der Waals surface area contributed by atoms with Crippen molar-refractivity contribution >= 4 is 11.8 Å². The third kappa shape index (κ3) is 3.88. The van der Waals surface area contributed by atoms with E-state index in [4.69, 9.17) is 5.11 Å². The summed E-state index contributed by atoms with van der Waals surface area (Å²) in [7, 11) is 0. The molecule has 0 aromatic rings. The van der Waals surface area contributed by atoms with E-state index in [9.17, 15) is 0 Å². The first-order valence-electron chi connectivity index (χ1n) is 5.18. The van der Waals surface area contributed by atoms with E-state index in [1.807, 2.05) is 11.8 Å². The fourth-order valence-corrected chi connectivity index (χ4v) is 2.65. The Hall–Kier alpha value is 0.270. The van der Waals surface area contributed by atoms with Crippen molar-refractivity contribution in [3.63, 3.8) is 0 Å². The Morgan fingerprint density at radius 1 is 1.54 bits per heavy atom. The maximum absolute atomic E-state index is 8.99. The molecule has 2 nitrogen and oxygen atoms in total. The molecule has 1 saturated heterocycles. The molecule has 1 heterocycles. The van der Waals surface area contributed by atoms with Gasteiger partial charge in [-0.3, -0.25) is 0 Å². The number of aliphatic hydroxyl groups is 1. The van der Waals surface area contributed by atoms with Gasteiger partial charge in [0.05, 0.1) is 0 Å². The Balaban J connectivity index is 2.21. The van der Waals surface area contributed by atoms with E-state index in [1.165, 1.54) is 24.3 Å². The number of nitrogens with one attached hydrogen (secondary N) is 1. The fourth-order valence-electron chi connectivity index (χ4n) is 1.57. The highest BCUT2D eigenvalue weighted by molar-refractivity contribution is 7.99. The number of aliphatic hydroxyl groups excluding tert-OH is 1. The van der Waals surface area contributed by atoms with Gasteiger partial charge in [0.2, 0.25) is 0 Å². The summed E-state index contributed by atoms with van der Waals surface area (Å²) in [4.78, 5) is 0. The molecule has 13 heavy (non-hydrogen) atoms. The van der Waals surface area contributed by atoms with Crippen LogP contribution in [0.5, 0.6) is 0 Å². The lowest BCUT2D eigenvalue weighted by Gasteiger charge is -2.28. The van der Waals surface area contributed by atoms with E-state index in [2.05, 4.69) is 19.2 Å². The predicted molar refractivity (Wildman–Crippen MR) is 59.2 cm³/mol. The zero-order valence-electron chi connectivity index (χ0n) is 8.62. The molecule has 0 radical (unpaired) electrons. The van der Waals surface area contributed by atoms with Crippen LogP contribution in [0.15, 0.2) is 0 Å². The van der Waals surface area contributed by atoms with Crippen LogP contribution >= 0.6 is 11.8 Å². The highest BCUT2D eigenvalue weighted by Gasteiger charge is 2.18. The Morgan fingerprint density at radius 2 is 2.31 bits per heavy atom. The van der Waals surface area contributed by atoms with Crippen LogP contribution in [-0.4, -0.2) is 35.3 Å². The van der Waals surface area contributed by atoms with Crippen molar-refractivity contribution in [2.45, 2.75) is 38.8 Å². The summed E-state index contributed by atoms with van der Waals surface area (Å²) in [6.45, 7) is 4.54. The van der Waals surface area contributed by atoms with Gasteiger partial charge in [0, 0.05) is 24.4 Å². The van der Waals surface area contributed by atoms with Crippen molar-refractivity contribution in [3.8, 4) is 0 Å². The van der Waals surface area contributed by atoms with Gasteiger partial charge in [-0.15, -0.1) is 0 Å². The van der Waals surface area contributed by atoms with Crippen molar-refractivity contribution in [3.05, 3.63) is 0 Å². The molecule has 1 aliphatic heterocycles. The van der Waals surface area contributed by atoms with Gasteiger partial charge in [0.1, 0.15) is 0 Å². The smallest absolute Gasteiger partial charge is 0.0471 e. The summed E-state index contributed by atoms with van der Waals surface area (Å²) in [6.07, 6.45) is 2.64. The molecule has 1 aliphatic rings. The van der Waals surface area contributed by atoms with E-state index in [1.54, 1.807) is 0 Å². The molecule has 0 aromatic heterocycles. The molecule has 0 amide bonds. The molecule has 0 bridgehead atoms. The highest BCUT2D eigenvalue weighted by Crippen LogP contribution is 2.18. The monoisotopic (exact) mass is 203 g/mol. The van der Waals surface area contributed by atoms with Crippen molar-refractivity contribution < 1.29 is 5.11 Å². The van der Waals surface area contributed by atoms with Crippen LogP contribution in [0.2, 0.25) is 0 Å². The molecule has 78 valence electrons. The van der Waals surface area contributed by atoms with Crippen molar-refractivity contribution in [2.24, 2.45) is 5.92 Å². The van der Waals surface area contributed by atoms with Gasteiger partial charge in [-0.2, -0.15) is 11.8 Å². The summed E-state index contributed by atoms with van der Waals surface area (Å²) in [5.74, 6) is 2.93. The SMILES string of the molecule is CC(CO)C(C)NC1CCCSC1. The minimum Gasteiger partial charge on any atom is -0.396 e. The standard InChI is InChI=1S/C10H21NOS/c1-8(6-12)9(2)11-10-4-3-5-13-7-10/h8-12H,3-7H2,1-2H3. The minimum atomic E-state index is 0.286. The van der Waals surface area contributed by atoms with E-state index in [0.717, 1.165) is 0 Å². The lowest BCUT2D eigenvalue weighted by molar-refractivity contribution is 0.201. The van der Waals surface area contributed by atoms with Crippen LogP contribution in [0.25, 0.3) is 0 Å². The van der Waals surface area contributed by atoms with Crippen molar-refractivity contribution in [1.82, 2.24) is 5.32 Å². The Kier molecular flexibility index (Phi) is 5.14. The Morgan fingerprint density at radius 3 is 2.85 bits per heavy atom. The molecular weight excluding hydrogens is 182 g/mol. The van der Waals surface area contributed by atoms with Gasteiger partial charge >= 0.3 is 0 Å². The Labute approximate surface area is 85.5 Å². The summed E-state index contributed by atoms with van der Waals surface area (Å²) in [5.41, 5.74) is 0. The summed E-state index contributed by atoms with van der Waals surface area (Å²) in [5, 5.41) is 12.6. The van der Waals surface area contributed by atoms with Crippen LogP contribution in [0.3, 0.4) is 0 Å². The highest BCUT2D eigenvalue weighted by atomic mass is 32.2. The van der Waals surface area contributed by atoms with Gasteiger partial charge in [-0.25, -0.2) is 0 Å². The molecule has 3 atom stereocenters. The lowest BCUT2D eigenvalue weighted by atomic mass is 10.0. The second-order valence-corrected chi connectivity index (χ2v) is 5.18. The van der Waals surface area contributed by atoms with Gasteiger partial charge in [-0.1, -0.05) is 6.92 Å². The van der Waals surface area contributed by atoms with Crippen LogP contribution in [0, 0.1) is 5.92 Å².